The van der Waals surface area contributed by atoms with Crippen LogP contribution in [-0.2, 0) is 20.7 Å². The van der Waals surface area contributed by atoms with Crippen LogP contribution in [-0.4, -0.2) is 48.6 Å². The Labute approximate surface area is 188 Å². The highest BCUT2D eigenvalue weighted by molar-refractivity contribution is 7.13. The number of hydrogen-bond donors (Lipinski definition) is 1. The van der Waals surface area contributed by atoms with Crippen LogP contribution in [0.5, 0.6) is 0 Å². The lowest BCUT2D eigenvalue weighted by molar-refractivity contribution is -0.148. The first-order valence-electron chi connectivity index (χ1n) is 11.3. The number of likely N-dealkylation sites (tertiary alicyclic amines) is 1. The molecule has 0 radical (unpaired) electrons. The van der Waals surface area contributed by atoms with Crippen LogP contribution in [0.1, 0.15) is 45.1 Å². The Bertz CT molecular complexity index is 905. The molecule has 3 heterocycles. The number of hydrogen-bond acceptors (Lipinski definition) is 4. The fourth-order valence-electron chi connectivity index (χ4n) is 4.83. The Hall–Kier alpha value is -2.18. The third-order valence-electron chi connectivity index (χ3n) is 6.33. The molecule has 6 heteroatoms. The summed E-state index contributed by atoms with van der Waals surface area (Å²) in [6.07, 6.45) is 3.58. The van der Waals surface area contributed by atoms with E-state index in [0.717, 1.165) is 31.2 Å². The van der Waals surface area contributed by atoms with E-state index in [9.17, 15) is 9.59 Å². The van der Waals surface area contributed by atoms with Crippen molar-refractivity contribution in [3.8, 4) is 10.4 Å². The predicted octanol–water partition coefficient (Wildman–Crippen LogP) is 4.27. The van der Waals surface area contributed by atoms with Crippen LogP contribution in [0.4, 0.5) is 0 Å². The van der Waals surface area contributed by atoms with Crippen LogP contribution in [0, 0.1) is 5.41 Å². The van der Waals surface area contributed by atoms with Crippen LogP contribution >= 0.6 is 11.3 Å². The highest BCUT2D eigenvalue weighted by atomic mass is 32.1. The van der Waals surface area contributed by atoms with Crippen LogP contribution < -0.4 is 5.32 Å². The van der Waals surface area contributed by atoms with Crippen LogP contribution in [0.15, 0.2) is 41.8 Å². The molecular weight excluding hydrogens is 408 g/mol. The largest absolute Gasteiger partial charge is 0.368 e. The summed E-state index contributed by atoms with van der Waals surface area (Å²) >= 11 is 1.71. The number of benzene rings is 1. The zero-order chi connectivity index (χ0) is 21.8. The van der Waals surface area contributed by atoms with Gasteiger partial charge in [-0.15, -0.1) is 11.3 Å². The number of ether oxygens (including phenoxy) is 1. The van der Waals surface area contributed by atoms with Gasteiger partial charge in [0.1, 0.15) is 6.10 Å². The molecule has 1 aromatic carbocycles. The maximum atomic E-state index is 13.5. The molecule has 0 saturated carbocycles. The molecule has 2 aliphatic rings. The van der Waals surface area contributed by atoms with Gasteiger partial charge in [0.05, 0.1) is 5.41 Å². The summed E-state index contributed by atoms with van der Waals surface area (Å²) in [6.45, 7) is 5.77. The normalized spacial score (nSPS) is 23.8. The fraction of sp³-hybridized carbons (Fsp3) is 0.520. The Kier molecular flexibility index (Phi) is 6.77. The van der Waals surface area contributed by atoms with E-state index in [1.54, 1.807) is 11.3 Å². The Morgan fingerprint density at radius 1 is 1.23 bits per heavy atom. The highest BCUT2D eigenvalue weighted by Gasteiger charge is 2.45. The lowest BCUT2D eigenvalue weighted by atomic mass is 9.73. The molecule has 0 bridgehead atoms. The summed E-state index contributed by atoms with van der Waals surface area (Å²) in [7, 11) is 0. The minimum absolute atomic E-state index is 0.0467. The van der Waals surface area contributed by atoms with Gasteiger partial charge in [0.25, 0.3) is 5.91 Å². The van der Waals surface area contributed by atoms with Crippen molar-refractivity contribution in [3.05, 3.63) is 47.3 Å². The summed E-state index contributed by atoms with van der Waals surface area (Å²) in [5, 5.41) is 5.23. The van der Waals surface area contributed by atoms with Crippen LogP contribution in [0.3, 0.4) is 0 Å². The van der Waals surface area contributed by atoms with Crippen molar-refractivity contribution in [3.63, 3.8) is 0 Å². The molecule has 2 saturated heterocycles. The number of carbonyl (C=O) groups excluding carboxylic acids is 2. The van der Waals surface area contributed by atoms with E-state index in [1.807, 2.05) is 30.9 Å². The minimum Gasteiger partial charge on any atom is -0.368 e. The van der Waals surface area contributed by atoms with Crippen molar-refractivity contribution in [1.29, 1.82) is 0 Å². The standard InChI is InChI=1S/C25H32N2O3S/c1-18(2)26-24(29)25(12-7-13-27(17-25)23(28)21-10-5-14-30-21)16-19-8-3-4-9-20(19)22-11-6-15-31-22/h3-4,6,8-9,11,15,18,21H,5,7,10,12-14,16-17H2,1-2H3,(H,26,29). The van der Waals surface area contributed by atoms with Crippen molar-refractivity contribution < 1.29 is 14.3 Å². The molecule has 5 nitrogen and oxygen atoms in total. The number of amides is 2. The van der Waals surface area contributed by atoms with E-state index in [4.69, 9.17) is 4.74 Å². The predicted molar refractivity (Wildman–Crippen MR) is 124 cm³/mol. The van der Waals surface area contributed by atoms with Crippen molar-refractivity contribution in [1.82, 2.24) is 10.2 Å². The molecule has 1 N–H and O–H groups in total. The van der Waals surface area contributed by atoms with Crippen LogP contribution in [0.25, 0.3) is 10.4 Å². The van der Waals surface area contributed by atoms with Gasteiger partial charge in [0.15, 0.2) is 0 Å². The molecule has 2 atom stereocenters. The molecule has 2 amide bonds. The summed E-state index contributed by atoms with van der Waals surface area (Å²) in [5.41, 5.74) is 1.71. The molecule has 2 aromatic rings. The van der Waals surface area contributed by atoms with Gasteiger partial charge in [-0.05, 0) is 68.5 Å². The van der Waals surface area contributed by atoms with E-state index in [0.29, 0.717) is 26.1 Å². The molecule has 4 rings (SSSR count). The summed E-state index contributed by atoms with van der Waals surface area (Å²) in [5.74, 6) is 0.0961. The van der Waals surface area contributed by atoms with Gasteiger partial charge in [0.2, 0.25) is 5.91 Å². The zero-order valence-corrected chi connectivity index (χ0v) is 19.2. The minimum atomic E-state index is -0.635. The second-order valence-electron chi connectivity index (χ2n) is 9.08. The molecule has 0 spiro atoms. The lowest BCUT2D eigenvalue weighted by Gasteiger charge is -2.43. The second-order valence-corrected chi connectivity index (χ2v) is 10.0. The third kappa shape index (κ3) is 4.85. The molecular formula is C25H32N2O3S. The Balaban J connectivity index is 1.65. The molecule has 1 aromatic heterocycles. The Morgan fingerprint density at radius 3 is 2.77 bits per heavy atom. The number of carbonyl (C=O) groups is 2. The van der Waals surface area contributed by atoms with Crippen molar-refractivity contribution in [2.45, 2.75) is 58.1 Å². The summed E-state index contributed by atoms with van der Waals surface area (Å²) < 4.78 is 5.66. The van der Waals surface area contributed by atoms with Crippen LogP contribution in [0.2, 0.25) is 0 Å². The van der Waals surface area contributed by atoms with E-state index in [2.05, 4.69) is 35.0 Å². The molecule has 2 aliphatic heterocycles. The van der Waals surface area contributed by atoms with Gasteiger partial charge >= 0.3 is 0 Å². The highest BCUT2D eigenvalue weighted by Crippen LogP contribution is 2.38. The molecule has 166 valence electrons. The number of rotatable bonds is 6. The van der Waals surface area contributed by atoms with Gasteiger partial charge < -0.3 is 15.0 Å². The van der Waals surface area contributed by atoms with Gasteiger partial charge in [-0.3, -0.25) is 9.59 Å². The molecule has 31 heavy (non-hydrogen) atoms. The average molecular weight is 441 g/mol. The number of nitrogens with one attached hydrogen (secondary N) is 1. The smallest absolute Gasteiger partial charge is 0.251 e. The van der Waals surface area contributed by atoms with Crippen molar-refractivity contribution in [2.75, 3.05) is 19.7 Å². The quantitative estimate of drug-likeness (QED) is 0.730. The molecule has 2 fully saturated rings. The van der Waals surface area contributed by atoms with Crippen molar-refractivity contribution >= 4 is 23.2 Å². The topological polar surface area (TPSA) is 58.6 Å². The second kappa shape index (κ2) is 9.53. The molecule has 0 aliphatic carbocycles. The monoisotopic (exact) mass is 440 g/mol. The van der Waals surface area contributed by atoms with Crippen molar-refractivity contribution in [2.24, 2.45) is 5.41 Å². The van der Waals surface area contributed by atoms with Gasteiger partial charge in [-0.2, -0.15) is 0 Å². The van der Waals surface area contributed by atoms with E-state index >= 15 is 0 Å². The van der Waals surface area contributed by atoms with E-state index in [-0.39, 0.29) is 24.0 Å². The van der Waals surface area contributed by atoms with Gasteiger partial charge in [0, 0.05) is 30.6 Å². The zero-order valence-electron chi connectivity index (χ0n) is 18.4. The number of thiophene rings is 1. The van der Waals surface area contributed by atoms with Gasteiger partial charge in [-0.1, -0.05) is 30.3 Å². The lowest BCUT2D eigenvalue weighted by Crippen LogP contribution is -2.56. The third-order valence-corrected chi connectivity index (χ3v) is 7.23. The maximum Gasteiger partial charge on any atom is 0.251 e. The number of piperidine rings is 1. The van der Waals surface area contributed by atoms with E-state index < -0.39 is 5.41 Å². The summed E-state index contributed by atoms with van der Waals surface area (Å²) in [4.78, 5) is 29.7. The maximum absolute atomic E-state index is 13.5. The first-order valence-corrected chi connectivity index (χ1v) is 12.2. The fourth-order valence-corrected chi connectivity index (χ4v) is 5.62. The number of nitrogens with zero attached hydrogens (tertiary/aromatic N) is 1. The Morgan fingerprint density at radius 2 is 2.06 bits per heavy atom. The van der Waals surface area contributed by atoms with E-state index in [1.165, 1.54) is 10.4 Å². The first-order chi connectivity index (χ1) is 15.0. The SMILES string of the molecule is CC(C)NC(=O)C1(Cc2ccccc2-c2cccs2)CCCN(C(=O)C2CCCO2)C1. The average Bonchev–Trinajstić information content (AvgIpc) is 3.48. The first kappa shape index (κ1) is 22.0. The molecule has 2 unspecified atom stereocenters. The summed E-state index contributed by atoms with van der Waals surface area (Å²) in [6, 6.07) is 12.6. The van der Waals surface area contributed by atoms with Gasteiger partial charge in [-0.25, -0.2) is 0 Å².